The van der Waals surface area contributed by atoms with Crippen molar-refractivity contribution in [1.29, 1.82) is 0 Å². The number of ether oxygens (including phenoxy) is 1. The van der Waals surface area contributed by atoms with Crippen LogP contribution in [-0.4, -0.2) is 24.0 Å². The van der Waals surface area contributed by atoms with Gasteiger partial charge in [0, 0.05) is 12.6 Å². The lowest BCUT2D eigenvalue weighted by atomic mass is 10.0. The van der Waals surface area contributed by atoms with Crippen molar-refractivity contribution < 1.29 is 9.53 Å². The van der Waals surface area contributed by atoms with Crippen molar-refractivity contribution in [2.24, 2.45) is 0 Å². The highest BCUT2D eigenvalue weighted by atomic mass is 16.5. The molecule has 0 aliphatic carbocycles. The zero-order valence-corrected chi connectivity index (χ0v) is 16.9. The van der Waals surface area contributed by atoms with E-state index in [1.54, 1.807) is 6.08 Å². The van der Waals surface area contributed by atoms with Crippen LogP contribution in [0.5, 0.6) is 0 Å². The van der Waals surface area contributed by atoms with E-state index >= 15 is 0 Å². The summed E-state index contributed by atoms with van der Waals surface area (Å²) in [5, 5.41) is 0. The van der Waals surface area contributed by atoms with E-state index in [9.17, 15) is 4.79 Å². The molecule has 0 unspecified atom stereocenters. The molecule has 0 saturated heterocycles. The highest BCUT2D eigenvalue weighted by molar-refractivity contribution is 5.87. The molecule has 3 nitrogen and oxygen atoms in total. The largest absolute Gasteiger partial charge is 0.458 e. The average molecular weight is 366 g/mol. The Morgan fingerprint density at radius 1 is 0.963 bits per heavy atom. The van der Waals surface area contributed by atoms with Crippen molar-refractivity contribution in [3.8, 4) is 0 Å². The summed E-state index contributed by atoms with van der Waals surface area (Å²) in [6, 6.07) is 16.5. The summed E-state index contributed by atoms with van der Waals surface area (Å²) in [6.45, 7) is 12.0. The smallest absolute Gasteiger partial charge is 0.331 e. The lowest BCUT2D eigenvalue weighted by Gasteiger charge is -2.18. The van der Waals surface area contributed by atoms with Crippen molar-refractivity contribution in [2.45, 2.75) is 46.8 Å². The van der Waals surface area contributed by atoms with Crippen LogP contribution in [-0.2, 0) is 22.7 Å². The zero-order valence-electron chi connectivity index (χ0n) is 16.9. The van der Waals surface area contributed by atoms with Gasteiger partial charge in [-0.3, -0.25) is 4.90 Å². The van der Waals surface area contributed by atoms with E-state index in [1.807, 2.05) is 24.3 Å². The molecule has 0 bridgehead atoms. The summed E-state index contributed by atoms with van der Waals surface area (Å²) in [7, 11) is 0. The van der Waals surface area contributed by atoms with E-state index in [1.165, 1.54) is 17.2 Å². The van der Waals surface area contributed by atoms with Crippen LogP contribution in [0.15, 0.2) is 54.6 Å². The summed E-state index contributed by atoms with van der Waals surface area (Å²) in [4.78, 5) is 14.3. The van der Waals surface area contributed by atoms with Crippen molar-refractivity contribution in [3.05, 3.63) is 76.9 Å². The molecule has 2 aromatic rings. The number of carbonyl (C=O) groups excluding carboxylic acids is 1. The third-order valence-corrected chi connectivity index (χ3v) is 4.72. The molecule has 0 N–H and O–H groups in total. The van der Waals surface area contributed by atoms with Crippen LogP contribution >= 0.6 is 0 Å². The van der Waals surface area contributed by atoms with Gasteiger partial charge in [0.1, 0.15) is 6.61 Å². The fraction of sp³-hybridized carbons (Fsp3) is 0.375. The van der Waals surface area contributed by atoms with Crippen LogP contribution in [0.1, 0.15) is 55.9 Å². The zero-order chi connectivity index (χ0) is 19.6. The molecule has 0 fully saturated rings. The molecule has 0 atom stereocenters. The normalized spacial score (nSPS) is 11.5. The molecule has 144 valence electrons. The number of esters is 1. The Morgan fingerprint density at radius 3 is 2.11 bits per heavy atom. The molecule has 0 aromatic heterocycles. The van der Waals surface area contributed by atoms with Gasteiger partial charge in [0.25, 0.3) is 0 Å². The van der Waals surface area contributed by atoms with Crippen molar-refractivity contribution >= 4 is 12.0 Å². The number of hydrogen-bond acceptors (Lipinski definition) is 3. The summed E-state index contributed by atoms with van der Waals surface area (Å²) in [5.41, 5.74) is 4.57. The summed E-state index contributed by atoms with van der Waals surface area (Å²) < 4.78 is 5.34. The van der Waals surface area contributed by atoms with Gasteiger partial charge in [-0.25, -0.2) is 4.79 Å². The van der Waals surface area contributed by atoms with Crippen LogP contribution in [0.4, 0.5) is 0 Å². The minimum Gasteiger partial charge on any atom is -0.458 e. The Bertz CT molecular complexity index is 726. The molecule has 2 rings (SSSR count). The number of benzene rings is 2. The summed E-state index contributed by atoms with van der Waals surface area (Å²) >= 11 is 0. The first kappa shape index (κ1) is 20.9. The Hall–Kier alpha value is -2.39. The first-order valence-corrected chi connectivity index (χ1v) is 9.76. The maximum atomic E-state index is 11.9. The number of rotatable bonds is 9. The lowest BCUT2D eigenvalue weighted by Crippen LogP contribution is -2.22. The van der Waals surface area contributed by atoms with Crippen LogP contribution in [0, 0.1) is 0 Å². The SMILES string of the molecule is CCN(CC)Cc1ccc(COC(=O)/C=C/c2ccc(C(C)C)cc2)cc1. The summed E-state index contributed by atoms with van der Waals surface area (Å²) in [5.74, 6) is 0.182. The predicted molar refractivity (Wildman–Crippen MR) is 112 cm³/mol. The van der Waals surface area contributed by atoms with Crippen molar-refractivity contribution in [2.75, 3.05) is 13.1 Å². The predicted octanol–water partition coefficient (Wildman–Crippen LogP) is 5.41. The Balaban J connectivity index is 1.82. The van der Waals surface area contributed by atoms with Crippen LogP contribution in [0.3, 0.4) is 0 Å². The van der Waals surface area contributed by atoms with Gasteiger partial charge in [0.05, 0.1) is 0 Å². The van der Waals surface area contributed by atoms with E-state index in [2.05, 4.69) is 56.9 Å². The molecule has 0 radical (unpaired) electrons. The second-order valence-corrected chi connectivity index (χ2v) is 7.04. The average Bonchev–Trinajstić information content (AvgIpc) is 2.70. The van der Waals surface area contributed by atoms with E-state index < -0.39 is 0 Å². The van der Waals surface area contributed by atoms with Crippen LogP contribution < -0.4 is 0 Å². The number of hydrogen-bond donors (Lipinski definition) is 0. The fourth-order valence-electron chi connectivity index (χ4n) is 2.81. The molecule has 0 saturated carbocycles. The maximum Gasteiger partial charge on any atom is 0.331 e. The molecular weight excluding hydrogens is 334 g/mol. The standard InChI is InChI=1S/C24H31NO2/c1-5-25(6-2)17-21-7-9-22(10-8-21)18-27-24(26)16-13-20-11-14-23(15-12-20)19(3)4/h7-16,19H,5-6,17-18H2,1-4H3/b16-13+. The molecule has 0 aliphatic heterocycles. The van der Waals surface area contributed by atoms with Crippen LogP contribution in [0.2, 0.25) is 0 Å². The topological polar surface area (TPSA) is 29.5 Å². The highest BCUT2D eigenvalue weighted by Gasteiger charge is 2.03. The van der Waals surface area contributed by atoms with Gasteiger partial charge in [0.2, 0.25) is 0 Å². The minimum atomic E-state index is -0.324. The summed E-state index contributed by atoms with van der Waals surface area (Å²) in [6.07, 6.45) is 3.28. The molecule has 27 heavy (non-hydrogen) atoms. The molecule has 0 spiro atoms. The Morgan fingerprint density at radius 2 is 1.56 bits per heavy atom. The van der Waals surface area contributed by atoms with E-state index in [0.29, 0.717) is 12.5 Å². The molecular formula is C24H31NO2. The monoisotopic (exact) mass is 365 g/mol. The molecule has 0 heterocycles. The van der Waals surface area contributed by atoms with Gasteiger partial charge >= 0.3 is 5.97 Å². The Kier molecular flexibility index (Phi) is 8.28. The van der Waals surface area contributed by atoms with Gasteiger partial charge in [-0.2, -0.15) is 0 Å². The second-order valence-electron chi connectivity index (χ2n) is 7.04. The quantitative estimate of drug-likeness (QED) is 0.440. The van der Waals surface area contributed by atoms with Gasteiger partial charge in [-0.1, -0.05) is 76.2 Å². The van der Waals surface area contributed by atoms with E-state index in [4.69, 9.17) is 4.74 Å². The Labute approximate surface area is 163 Å². The molecule has 0 aliphatic rings. The van der Waals surface area contributed by atoms with Gasteiger partial charge < -0.3 is 4.74 Å². The van der Waals surface area contributed by atoms with Gasteiger partial charge in [-0.05, 0) is 47.3 Å². The van der Waals surface area contributed by atoms with E-state index in [0.717, 1.165) is 30.8 Å². The second kappa shape index (κ2) is 10.7. The first-order chi connectivity index (χ1) is 13.0. The lowest BCUT2D eigenvalue weighted by molar-refractivity contribution is -0.138. The highest BCUT2D eigenvalue weighted by Crippen LogP contribution is 2.15. The van der Waals surface area contributed by atoms with Gasteiger partial charge in [-0.15, -0.1) is 0 Å². The fourth-order valence-corrected chi connectivity index (χ4v) is 2.81. The number of nitrogens with zero attached hydrogens (tertiary/aromatic N) is 1. The first-order valence-electron chi connectivity index (χ1n) is 9.76. The third kappa shape index (κ3) is 7.03. The maximum absolute atomic E-state index is 11.9. The minimum absolute atomic E-state index is 0.293. The van der Waals surface area contributed by atoms with Crippen molar-refractivity contribution in [1.82, 2.24) is 4.90 Å². The third-order valence-electron chi connectivity index (χ3n) is 4.72. The van der Waals surface area contributed by atoms with Crippen LogP contribution in [0.25, 0.3) is 6.08 Å². The van der Waals surface area contributed by atoms with Crippen molar-refractivity contribution in [3.63, 3.8) is 0 Å². The molecule has 0 amide bonds. The molecule has 3 heteroatoms. The van der Waals surface area contributed by atoms with E-state index in [-0.39, 0.29) is 5.97 Å². The van der Waals surface area contributed by atoms with Gasteiger partial charge in [0.15, 0.2) is 0 Å². The number of carbonyl (C=O) groups is 1. The molecule has 2 aromatic carbocycles.